The lowest BCUT2D eigenvalue weighted by Crippen LogP contribution is -2.14. The molecule has 18 heavy (non-hydrogen) atoms. The van der Waals surface area contributed by atoms with E-state index < -0.39 is 0 Å². The zero-order chi connectivity index (χ0) is 12.6. The number of rotatable bonds is 8. The SMILES string of the molecule is CCNCCCc1nnc(CCC2CCCC2)s1. The largest absolute Gasteiger partial charge is 0.317 e. The predicted octanol–water partition coefficient (Wildman–Crippen LogP) is 3.20. The summed E-state index contributed by atoms with van der Waals surface area (Å²) in [6.45, 7) is 4.29. The molecule has 2 rings (SSSR count). The van der Waals surface area contributed by atoms with Gasteiger partial charge in [-0.25, -0.2) is 0 Å². The number of aromatic nitrogens is 2. The van der Waals surface area contributed by atoms with Gasteiger partial charge in [-0.15, -0.1) is 21.5 Å². The van der Waals surface area contributed by atoms with Crippen LogP contribution in [0, 0.1) is 5.92 Å². The lowest BCUT2D eigenvalue weighted by atomic mass is 10.0. The van der Waals surface area contributed by atoms with Crippen molar-refractivity contribution in [3.63, 3.8) is 0 Å². The third-order valence-corrected chi connectivity index (χ3v) is 4.79. The first kappa shape index (κ1) is 13.9. The van der Waals surface area contributed by atoms with E-state index in [0.29, 0.717) is 0 Å². The van der Waals surface area contributed by atoms with Gasteiger partial charge in [0.05, 0.1) is 0 Å². The van der Waals surface area contributed by atoms with Crippen molar-refractivity contribution >= 4 is 11.3 Å². The van der Waals surface area contributed by atoms with Crippen LogP contribution in [-0.2, 0) is 12.8 Å². The second-order valence-corrected chi connectivity index (χ2v) is 6.38. The number of nitrogens with one attached hydrogen (secondary N) is 1. The third-order valence-electron chi connectivity index (χ3n) is 3.74. The number of hydrogen-bond donors (Lipinski definition) is 1. The van der Waals surface area contributed by atoms with E-state index in [1.807, 2.05) is 11.3 Å². The fourth-order valence-electron chi connectivity index (χ4n) is 2.66. The van der Waals surface area contributed by atoms with Gasteiger partial charge in [0, 0.05) is 12.8 Å². The van der Waals surface area contributed by atoms with Gasteiger partial charge >= 0.3 is 0 Å². The van der Waals surface area contributed by atoms with Crippen molar-refractivity contribution in [2.24, 2.45) is 5.92 Å². The van der Waals surface area contributed by atoms with Crippen molar-refractivity contribution in [1.29, 1.82) is 0 Å². The molecule has 1 aliphatic rings. The van der Waals surface area contributed by atoms with Crippen molar-refractivity contribution in [2.45, 2.75) is 58.3 Å². The molecule has 0 bridgehead atoms. The molecular formula is C14H25N3S. The highest BCUT2D eigenvalue weighted by Gasteiger charge is 2.15. The van der Waals surface area contributed by atoms with Crippen LogP contribution in [0.15, 0.2) is 0 Å². The molecule has 102 valence electrons. The van der Waals surface area contributed by atoms with E-state index in [2.05, 4.69) is 22.4 Å². The fourth-order valence-corrected chi connectivity index (χ4v) is 3.56. The molecule has 1 N–H and O–H groups in total. The summed E-state index contributed by atoms with van der Waals surface area (Å²) in [7, 11) is 0. The van der Waals surface area contributed by atoms with Crippen LogP contribution in [0.5, 0.6) is 0 Å². The summed E-state index contributed by atoms with van der Waals surface area (Å²) < 4.78 is 0. The molecule has 4 heteroatoms. The van der Waals surface area contributed by atoms with E-state index in [0.717, 1.165) is 31.8 Å². The smallest absolute Gasteiger partial charge is 0.117 e. The van der Waals surface area contributed by atoms with Crippen LogP contribution in [-0.4, -0.2) is 23.3 Å². The summed E-state index contributed by atoms with van der Waals surface area (Å²) in [5.41, 5.74) is 0. The number of hydrogen-bond acceptors (Lipinski definition) is 4. The van der Waals surface area contributed by atoms with Crippen LogP contribution in [0.3, 0.4) is 0 Å². The highest BCUT2D eigenvalue weighted by Crippen LogP contribution is 2.29. The summed E-state index contributed by atoms with van der Waals surface area (Å²) in [6.07, 6.45) is 10.5. The molecule has 1 aromatic rings. The molecule has 1 fully saturated rings. The minimum Gasteiger partial charge on any atom is -0.317 e. The van der Waals surface area contributed by atoms with Gasteiger partial charge < -0.3 is 5.32 Å². The molecule has 0 aliphatic heterocycles. The van der Waals surface area contributed by atoms with E-state index in [-0.39, 0.29) is 0 Å². The lowest BCUT2D eigenvalue weighted by Gasteiger charge is -2.05. The molecule has 0 spiro atoms. The Bertz CT molecular complexity index is 332. The quantitative estimate of drug-likeness (QED) is 0.735. The first-order valence-electron chi connectivity index (χ1n) is 7.40. The molecule has 3 nitrogen and oxygen atoms in total. The van der Waals surface area contributed by atoms with Crippen molar-refractivity contribution in [3.8, 4) is 0 Å². The van der Waals surface area contributed by atoms with Gasteiger partial charge in [0.25, 0.3) is 0 Å². The Morgan fingerprint density at radius 1 is 1.17 bits per heavy atom. The van der Waals surface area contributed by atoms with E-state index in [9.17, 15) is 0 Å². The Kier molecular flexibility index (Phi) is 6.08. The van der Waals surface area contributed by atoms with Gasteiger partial charge in [-0.05, 0) is 31.8 Å². The molecule has 1 saturated carbocycles. The number of aryl methyl sites for hydroxylation is 2. The molecule has 1 heterocycles. The summed E-state index contributed by atoms with van der Waals surface area (Å²) in [5, 5.41) is 14.4. The zero-order valence-corrected chi connectivity index (χ0v) is 12.3. The van der Waals surface area contributed by atoms with Crippen LogP contribution in [0.25, 0.3) is 0 Å². The standard InChI is InChI=1S/C14H25N3S/c1-2-15-11-5-8-13-16-17-14(18-13)10-9-12-6-3-4-7-12/h12,15H,2-11H2,1H3. The normalized spacial score (nSPS) is 16.5. The van der Waals surface area contributed by atoms with E-state index in [1.165, 1.54) is 48.5 Å². The molecule has 0 amide bonds. The van der Waals surface area contributed by atoms with E-state index in [1.54, 1.807) is 0 Å². The van der Waals surface area contributed by atoms with Gasteiger partial charge in [-0.2, -0.15) is 0 Å². The van der Waals surface area contributed by atoms with Crippen LogP contribution in [0.2, 0.25) is 0 Å². The van der Waals surface area contributed by atoms with Crippen LogP contribution in [0.4, 0.5) is 0 Å². The Labute approximate surface area is 114 Å². The molecule has 1 aromatic heterocycles. The second-order valence-electron chi connectivity index (χ2n) is 5.24. The van der Waals surface area contributed by atoms with E-state index >= 15 is 0 Å². The average Bonchev–Trinajstić information content (AvgIpc) is 3.03. The van der Waals surface area contributed by atoms with Crippen molar-refractivity contribution < 1.29 is 0 Å². The Balaban J connectivity index is 1.65. The maximum Gasteiger partial charge on any atom is 0.117 e. The monoisotopic (exact) mass is 267 g/mol. The summed E-state index contributed by atoms with van der Waals surface area (Å²) in [6, 6.07) is 0. The van der Waals surface area contributed by atoms with Gasteiger partial charge in [0.2, 0.25) is 0 Å². The van der Waals surface area contributed by atoms with Gasteiger partial charge in [-0.1, -0.05) is 32.6 Å². The van der Waals surface area contributed by atoms with Crippen LogP contribution in [0.1, 0.15) is 55.5 Å². The van der Waals surface area contributed by atoms with Gasteiger partial charge in [0.1, 0.15) is 10.0 Å². The third kappa shape index (κ3) is 4.65. The molecule has 0 saturated heterocycles. The average molecular weight is 267 g/mol. The van der Waals surface area contributed by atoms with Gasteiger partial charge in [-0.3, -0.25) is 0 Å². The highest BCUT2D eigenvalue weighted by atomic mass is 32.1. The topological polar surface area (TPSA) is 37.8 Å². The minimum atomic E-state index is 0.964. The maximum absolute atomic E-state index is 4.32. The molecule has 0 radical (unpaired) electrons. The summed E-state index contributed by atoms with van der Waals surface area (Å²) >= 11 is 1.82. The summed E-state index contributed by atoms with van der Waals surface area (Å²) in [5.74, 6) is 0.964. The Morgan fingerprint density at radius 2 is 1.89 bits per heavy atom. The summed E-state index contributed by atoms with van der Waals surface area (Å²) in [4.78, 5) is 0. The highest BCUT2D eigenvalue weighted by molar-refractivity contribution is 7.11. The predicted molar refractivity (Wildman–Crippen MR) is 77.1 cm³/mol. The van der Waals surface area contributed by atoms with Crippen molar-refractivity contribution in [3.05, 3.63) is 10.0 Å². The molecule has 0 atom stereocenters. The first-order valence-corrected chi connectivity index (χ1v) is 8.22. The van der Waals surface area contributed by atoms with Crippen LogP contribution < -0.4 is 5.32 Å². The Hall–Kier alpha value is -0.480. The molecule has 0 aromatic carbocycles. The second kappa shape index (κ2) is 7.85. The van der Waals surface area contributed by atoms with Gasteiger partial charge in [0.15, 0.2) is 0 Å². The molecule has 1 aliphatic carbocycles. The fraction of sp³-hybridized carbons (Fsp3) is 0.857. The zero-order valence-electron chi connectivity index (χ0n) is 11.5. The van der Waals surface area contributed by atoms with E-state index in [4.69, 9.17) is 0 Å². The Morgan fingerprint density at radius 3 is 2.61 bits per heavy atom. The number of nitrogens with zero attached hydrogens (tertiary/aromatic N) is 2. The lowest BCUT2D eigenvalue weighted by molar-refractivity contribution is 0.502. The minimum absolute atomic E-state index is 0.964. The molecular weight excluding hydrogens is 242 g/mol. The van der Waals surface area contributed by atoms with Crippen molar-refractivity contribution in [2.75, 3.05) is 13.1 Å². The molecule has 0 unspecified atom stereocenters. The maximum atomic E-state index is 4.32. The van der Waals surface area contributed by atoms with Crippen molar-refractivity contribution in [1.82, 2.24) is 15.5 Å². The first-order chi connectivity index (χ1) is 8.88. The van der Waals surface area contributed by atoms with Crippen LogP contribution >= 0.6 is 11.3 Å².